The molecular weight excluding hydrogens is 316 g/mol. The topological polar surface area (TPSA) is 44.5 Å². The molecule has 1 unspecified atom stereocenters. The van der Waals surface area contributed by atoms with Crippen LogP contribution in [-0.4, -0.2) is 14.2 Å². The summed E-state index contributed by atoms with van der Waals surface area (Å²) < 4.78 is 23.8. The molecular formula is C15H14Cl2FNO2. The molecule has 2 aromatic carbocycles. The lowest BCUT2D eigenvalue weighted by Gasteiger charge is -2.17. The molecule has 1 atom stereocenters. The fraction of sp³-hybridized carbons (Fsp3) is 0.200. The molecule has 0 spiro atoms. The zero-order valence-electron chi connectivity index (χ0n) is 11.5. The van der Waals surface area contributed by atoms with Gasteiger partial charge in [0, 0.05) is 5.02 Å². The SMILES string of the molecule is COc1cc(C(N)c2cc(F)ccc2Cl)cc(Cl)c1OC. The van der Waals surface area contributed by atoms with Crippen LogP contribution in [0.4, 0.5) is 4.39 Å². The van der Waals surface area contributed by atoms with Gasteiger partial charge in [-0.15, -0.1) is 0 Å². The van der Waals surface area contributed by atoms with Gasteiger partial charge in [-0.25, -0.2) is 4.39 Å². The highest BCUT2D eigenvalue weighted by atomic mass is 35.5. The fourth-order valence-corrected chi connectivity index (χ4v) is 2.58. The Kier molecular flexibility index (Phi) is 4.93. The quantitative estimate of drug-likeness (QED) is 0.914. The van der Waals surface area contributed by atoms with E-state index in [-0.39, 0.29) is 0 Å². The highest BCUT2D eigenvalue weighted by molar-refractivity contribution is 6.32. The van der Waals surface area contributed by atoms with E-state index in [1.165, 1.54) is 32.4 Å². The molecule has 6 heteroatoms. The van der Waals surface area contributed by atoms with E-state index >= 15 is 0 Å². The molecule has 2 N–H and O–H groups in total. The summed E-state index contributed by atoms with van der Waals surface area (Å²) in [5.41, 5.74) is 7.28. The van der Waals surface area contributed by atoms with Gasteiger partial charge in [-0.1, -0.05) is 23.2 Å². The minimum Gasteiger partial charge on any atom is -0.493 e. The molecule has 2 aromatic rings. The van der Waals surface area contributed by atoms with Crippen molar-refractivity contribution in [2.75, 3.05) is 14.2 Å². The maximum absolute atomic E-state index is 13.4. The molecule has 0 heterocycles. The van der Waals surface area contributed by atoms with Crippen molar-refractivity contribution in [1.82, 2.24) is 0 Å². The van der Waals surface area contributed by atoms with Crippen molar-refractivity contribution in [3.8, 4) is 11.5 Å². The van der Waals surface area contributed by atoms with E-state index in [2.05, 4.69) is 0 Å². The number of methoxy groups -OCH3 is 2. The fourth-order valence-electron chi connectivity index (χ4n) is 2.05. The van der Waals surface area contributed by atoms with Gasteiger partial charge in [0.15, 0.2) is 11.5 Å². The lowest BCUT2D eigenvalue weighted by atomic mass is 9.99. The van der Waals surface area contributed by atoms with Crippen molar-refractivity contribution >= 4 is 23.2 Å². The molecule has 21 heavy (non-hydrogen) atoms. The summed E-state index contributed by atoms with van der Waals surface area (Å²) in [6.07, 6.45) is 0. The molecule has 0 fully saturated rings. The van der Waals surface area contributed by atoms with E-state index in [1.54, 1.807) is 12.1 Å². The Morgan fingerprint density at radius 3 is 2.38 bits per heavy atom. The number of hydrogen-bond acceptors (Lipinski definition) is 3. The first-order valence-corrected chi connectivity index (χ1v) is 6.85. The van der Waals surface area contributed by atoms with Gasteiger partial charge in [-0.2, -0.15) is 0 Å². The smallest absolute Gasteiger partial charge is 0.179 e. The number of benzene rings is 2. The van der Waals surface area contributed by atoms with E-state index in [0.29, 0.717) is 32.7 Å². The molecule has 0 aliphatic rings. The summed E-state index contributed by atoms with van der Waals surface area (Å²) in [7, 11) is 2.99. The third-order valence-electron chi connectivity index (χ3n) is 3.11. The Morgan fingerprint density at radius 1 is 1.05 bits per heavy atom. The molecule has 0 saturated carbocycles. The molecule has 112 valence electrons. The summed E-state index contributed by atoms with van der Waals surface area (Å²) in [5.74, 6) is 0.458. The minimum absolute atomic E-state index is 0.356. The minimum atomic E-state index is -0.634. The Balaban J connectivity index is 2.50. The largest absolute Gasteiger partial charge is 0.493 e. The first-order chi connectivity index (χ1) is 9.97. The Morgan fingerprint density at radius 2 is 1.76 bits per heavy atom. The van der Waals surface area contributed by atoms with Crippen molar-refractivity contribution < 1.29 is 13.9 Å². The molecule has 0 aliphatic heterocycles. The van der Waals surface area contributed by atoms with Crippen LogP contribution in [0, 0.1) is 5.82 Å². The van der Waals surface area contributed by atoms with Gasteiger partial charge in [0.25, 0.3) is 0 Å². The lowest BCUT2D eigenvalue weighted by Crippen LogP contribution is -2.13. The number of rotatable bonds is 4. The van der Waals surface area contributed by atoms with E-state index in [4.69, 9.17) is 38.4 Å². The highest BCUT2D eigenvalue weighted by Crippen LogP contribution is 2.39. The Labute approximate surface area is 132 Å². The number of halogens is 3. The summed E-state index contributed by atoms with van der Waals surface area (Å²) in [6, 6.07) is 6.75. The second-order valence-corrected chi connectivity index (χ2v) is 5.20. The third kappa shape index (κ3) is 3.23. The maximum Gasteiger partial charge on any atom is 0.179 e. The predicted octanol–water partition coefficient (Wildman–Crippen LogP) is 4.20. The molecule has 0 aliphatic carbocycles. The van der Waals surface area contributed by atoms with Crippen molar-refractivity contribution in [2.24, 2.45) is 5.73 Å². The number of hydrogen-bond donors (Lipinski definition) is 1. The van der Waals surface area contributed by atoms with Crippen LogP contribution in [0.1, 0.15) is 17.2 Å². The zero-order chi connectivity index (χ0) is 15.6. The molecule has 0 aromatic heterocycles. The molecule has 0 saturated heterocycles. The highest BCUT2D eigenvalue weighted by Gasteiger charge is 2.18. The molecule has 0 radical (unpaired) electrons. The van der Waals surface area contributed by atoms with Crippen LogP contribution in [0.5, 0.6) is 11.5 Å². The second kappa shape index (κ2) is 6.52. The van der Waals surface area contributed by atoms with E-state index in [9.17, 15) is 4.39 Å². The zero-order valence-corrected chi connectivity index (χ0v) is 13.0. The third-order valence-corrected chi connectivity index (χ3v) is 3.73. The van der Waals surface area contributed by atoms with Gasteiger partial charge in [0.05, 0.1) is 25.3 Å². The van der Waals surface area contributed by atoms with Gasteiger partial charge in [0.2, 0.25) is 0 Å². The molecule has 2 rings (SSSR count). The molecule has 0 bridgehead atoms. The normalized spacial score (nSPS) is 12.1. The first-order valence-electron chi connectivity index (χ1n) is 6.10. The van der Waals surface area contributed by atoms with Gasteiger partial charge in [-0.3, -0.25) is 0 Å². The van der Waals surface area contributed by atoms with Crippen molar-refractivity contribution in [1.29, 1.82) is 0 Å². The van der Waals surface area contributed by atoms with Gasteiger partial charge >= 0.3 is 0 Å². The van der Waals surface area contributed by atoms with Crippen LogP contribution < -0.4 is 15.2 Å². The average molecular weight is 330 g/mol. The van der Waals surface area contributed by atoms with Gasteiger partial charge < -0.3 is 15.2 Å². The Hall–Kier alpha value is -1.49. The van der Waals surface area contributed by atoms with Crippen LogP contribution in [-0.2, 0) is 0 Å². The summed E-state index contributed by atoms with van der Waals surface area (Å²) >= 11 is 12.2. The molecule has 3 nitrogen and oxygen atoms in total. The predicted molar refractivity (Wildman–Crippen MR) is 82.0 cm³/mol. The van der Waals surface area contributed by atoms with Crippen molar-refractivity contribution in [3.05, 3.63) is 57.3 Å². The van der Waals surface area contributed by atoms with Crippen molar-refractivity contribution in [3.63, 3.8) is 0 Å². The van der Waals surface area contributed by atoms with Gasteiger partial charge in [-0.05, 0) is 41.5 Å². The summed E-state index contributed by atoms with van der Waals surface area (Å²) in [5, 5.41) is 0.740. The lowest BCUT2D eigenvalue weighted by molar-refractivity contribution is 0.354. The van der Waals surface area contributed by atoms with E-state index < -0.39 is 11.9 Å². The molecule has 0 amide bonds. The van der Waals surface area contributed by atoms with Crippen LogP contribution in [0.3, 0.4) is 0 Å². The summed E-state index contributed by atoms with van der Waals surface area (Å²) in [6.45, 7) is 0. The number of ether oxygens (including phenoxy) is 2. The average Bonchev–Trinajstić information content (AvgIpc) is 2.48. The maximum atomic E-state index is 13.4. The first kappa shape index (κ1) is 15.9. The van der Waals surface area contributed by atoms with Crippen molar-refractivity contribution in [2.45, 2.75) is 6.04 Å². The standard InChI is InChI=1S/C15H14Cl2FNO2/c1-20-13-6-8(5-12(17)15(13)21-2)14(19)10-7-9(18)3-4-11(10)16/h3-7,14H,19H2,1-2H3. The monoisotopic (exact) mass is 329 g/mol. The Bertz CT molecular complexity index is 664. The van der Waals surface area contributed by atoms with Crippen LogP contribution in [0.2, 0.25) is 10.0 Å². The number of nitrogens with two attached hydrogens (primary N) is 1. The van der Waals surface area contributed by atoms with Gasteiger partial charge in [0.1, 0.15) is 5.82 Å². The summed E-state index contributed by atoms with van der Waals surface area (Å²) in [4.78, 5) is 0. The van der Waals surface area contributed by atoms with Crippen LogP contribution in [0.15, 0.2) is 30.3 Å². The second-order valence-electron chi connectivity index (χ2n) is 4.38. The van der Waals surface area contributed by atoms with Crippen LogP contribution >= 0.6 is 23.2 Å². The van der Waals surface area contributed by atoms with E-state index in [1.807, 2.05) is 0 Å². The van der Waals surface area contributed by atoms with E-state index in [0.717, 1.165) is 0 Å². The van der Waals surface area contributed by atoms with Crippen LogP contribution in [0.25, 0.3) is 0 Å².